The van der Waals surface area contributed by atoms with Gasteiger partial charge in [0.05, 0.1) is 18.5 Å². The highest BCUT2D eigenvalue weighted by Crippen LogP contribution is 2.28. The summed E-state index contributed by atoms with van der Waals surface area (Å²) in [6.45, 7) is 6.65. The minimum absolute atomic E-state index is 0.0324. The molecular formula is C20H25NO3S. The third-order valence-corrected chi connectivity index (χ3v) is 6.68. The van der Waals surface area contributed by atoms with Crippen LogP contribution >= 0.6 is 0 Å². The highest BCUT2D eigenvalue weighted by Gasteiger charge is 2.35. The number of hydrogen-bond acceptors (Lipinski definition) is 3. The molecule has 0 bridgehead atoms. The van der Waals surface area contributed by atoms with Gasteiger partial charge in [0, 0.05) is 12.6 Å². The van der Waals surface area contributed by atoms with Crippen LogP contribution < -0.4 is 0 Å². The van der Waals surface area contributed by atoms with Gasteiger partial charge in [-0.05, 0) is 37.5 Å². The fourth-order valence-corrected chi connectivity index (χ4v) is 5.01. The van der Waals surface area contributed by atoms with E-state index in [1.54, 1.807) is 4.31 Å². The van der Waals surface area contributed by atoms with Crippen LogP contribution in [0.4, 0.5) is 0 Å². The van der Waals surface area contributed by atoms with Crippen molar-refractivity contribution >= 4 is 10.0 Å². The SMILES string of the molecule is Cc1ccc(C2CN(S(=O)(=O)Cc3ccccc3C)C(C)CO2)cc1. The predicted octanol–water partition coefficient (Wildman–Crippen LogP) is 3.60. The first-order valence-electron chi connectivity index (χ1n) is 8.59. The number of hydrogen-bond donors (Lipinski definition) is 0. The quantitative estimate of drug-likeness (QED) is 0.838. The lowest BCUT2D eigenvalue weighted by atomic mass is 10.1. The molecule has 2 atom stereocenters. The van der Waals surface area contributed by atoms with Gasteiger partial charge in [0.15, 0.2) is 0 Å². The third-order valence-electron chi connectivity index (χ3n) is 4.78. The molecule has 0 radical (unpaired) electrons. The number of morpholine rings is 1. The Kier molecular flexibility index (Phi) is 5.27. The monoisotopic (exact) mass is 359 g/mol. The van der Waals surface area contributed by atoms with E-state index in [1.807, 2.05) is 69.3 Å². The summed E-state index contributed by atoms with van der Waals surface area (Å²) in [5.74, 6) is 0.0324. The van der Waals surface area contributed by atoms with Crippen molar-refractivity contribution in [2.24, 2.45) is 0 Å². The van der Waals surface area contributed by atoms with Crippen molar-refractivity contribution in [2.45, 2.75) is 38.7 Å². The van der Waals surface area contributed by atoms with Gasteiger partial charge < -0.3 is 4.74 Å². The molecule has 0 aromatic heterocycles. The highest BCUT2D eigenvalue weighted by atomic mass is 32.2. The number of ether oxygens (including phenoxy) is 1. The first-order chi connectivity index (χ1) is 11.9. The summed E-state index contributed by atoms with van der Waals surface area (Å²) in [5, 5.41) is 0. The first-order valence-corrected chi connectivity index (χ1v) is 10.2. The lowest BCUT2D eigenvalue weighted by molar-refractivity contribution is -0.0289. The topological polar surface area (TPSA) is 46.6 Å². The van der Waals surface area contributed by atoms with Gasteiger partial charge in [-0.15, -0.1) is 0 Å². The zero-order chi connectivity index (χ0) is 18.0. The second-order valence-electron chi connectivity index (χ2n) is 6.83. The molecule has 3 rings (SSSR count). The van der Waals surface area contributed by atoms with Crippen LogP contribution in [0.5, 0.6) is 0 Å². The summed E-state index contributed by atoms with van der Waals surface area (Å²) < 4.78 is 33.6. The maximum Gasteiger partial charge on any atom is 0.218 e. The zero-order valence-electron chi connectivity index (χ0n) is 15.0. The summed E-state index contributed by atoms with van der Waals surface area (Å²) in [5.41, 5.74) is 4.06. The van der Waals surface area contributed by atoms with E-state index in [0.717, 1.165) is 16.7 Å². The van der Waals surface area contributed by atoms with E-state index < -0.39 is 10.0 Å². The van der Waals surface area contributed by atoms with Crippen molar-refractivity contribution in [3.8, 4) is 0 Å². The van der Waals surface area contributed by atoms with E-state index in [-0.39, 0.29) is 17.9 Å². The smallest absolute Gasteiger partial charge is 0.218 e. The molecule has 0 spiro atoms. The third kappa shape index (κ3) is 4.11. The van der Waals surface area contributed by atoms with E-state index in [1.165, 1.54) is 5.56 Å². The Morgan fingerprint density at radius 3 is 2.44 bits per heavy atom. The van der Waals surface area contributed by atoms with Crippen LogP contribution in [0.2, 0.25) is 0 Å². The minimum Gasteiger partial charge on any atom is -0.370 e. The highest BCUT2D eigenvalue weighted by molar-refractivity contribution is 7.88. The molecule has 2 aromatic carbocycles. The summed E-state index contributed by atoms with van der Waals surface area (Å²) in [6, 6.07) is 15.6. The molecule has 0 N–H and O–H groups in total. The molecule has 0 saturated carbocycles. The summed E-state index contributed by atoms with van der Waals surface area (Å²) >= 11 is 0. The van der Waals surface area contributed by atoms with E-state index >= 15 is 0 Å². The summed E-state index contributed by atoms with van der Waals surface area (Å²) in [6.07, 6.45) is -0.219. The Bertz CT molecular complexity index is 830. The molecule has 1 aliphatic heterocycles. The molecular weight excluding hydrogens is 334 g/mol. The Labute approximate surface area is 150 Å². The molecule has 0 amide bonds. The molecule has 2 unspecified atom stereocenters. The molecule has 134 valence electrons. The average Bonchev–Trinajstić information content (AvgIpc) is 2.58. The van der Waals surface area contributed by atoms with Crippen LogP contribution in [0.25, 0.3) is 0 Å². The van der Waals surface area contributed by atoms with Gasteiger partial charge in [-0.2, -0.15) is 4.31 Å². The van der Waals surface area contributed by atoms with Crippen LogP contribution in [-0.2, 0) is 20.5 Å². The van der Waals surface area contributed by atoms with Crippen molar-refractivity contribution in [2.75, 3.05) is 13.2 Å². The van der Waals surface area contributed by atoms with Gasteiger partial charge in [-0.25, -0.2) is 8.42 Å². The molecule has 25 heavy (non-hydrogen) atoms. The van der Waals surface area contributed by atoms with E-state index in [4.69, 9.17) is 4.74 Å². The largest absolute Gasteiger partial charge is 0.370 e. The zero-order valence-corrected chi connectivity index (χ0v) is 15.8. The first kappa shape index (κ1) is 18.1. The van der Waals surface area contributed by atoms with Gasteiger partial charge >= 0.3 is 0 Å². The van der Waals surface area contributed by atoms with Crippen molar-refractivity contribution < 1.29 is 13.2 Å². The van der Waals surface area contributed by atoms with Crippen LogP contribution in [0.1, 0.15) is 35.3 Å². The normalized spacial score (nSPS) is 22.0. The van der Waals surface area contributed by atoms with Gasteiger partial charge in [-0.1, -0.05) is 54.1 Å². The number of nitrogens with zero attached hydrogens (tertiary/aromatic N) is 1. The minimum atomic E-state index is -3.40. The van der Waals surface area contributed by atoms with Crippen molar-refractivity contribution in [1.29, 1.82) is 0 Å². The molecule has 1 saturated heterocycles. The standard InChI is InChI=1S/C20H25NO3S/c1-15-8-10-18(11-9-15)20-12-21(17(3)13-24-20)25(22,23)14-19-7-5-4-6-16(19)2/h4-11,17,20H,12-14H2,1-3H3. The van der Waals surface area contributed by atoms with Gasteiger partial charge in [0.1, 0.15) is 0 Å². The summed E-state index contributed by atoms with van der Waals surface area (Å²) in [7, 11) is -3.40. The molecule has 1 heterocycles. The number of benzene rings is 2. The van der Waals surface area contributed by atoms with Crippen molar-refractivity contribution in [3.05, 3.63) is 70.8 Å². The number of sulfonamides is 1. The lowest BCUT2D eigenvalue weighted by Crippen LogP contribution is -2.48. The molecule has 1 fully saturated rings. The number of aryl methyl sites for hydroxylation is 2. The maximum atomic E-state index is 13.0. The van der Waals surface area contributed by atoms with E-state index in [2.05, 4.69) is 0 Å². The van der Waals surface area contributed by atoms with Gasteiger partial charge in [-0.3, -0.25) is 0 Å². The van der Waals surface area contributed by atoms with Crippen LogP contribution in [0, 0.1) is 13.8 Å². The molecule has 1 aliphatic rings. The molecule has 4 nitrogen and oxygen atoms in total. The summed E-state index contributed by atoms with van der Waals surface area (Å²) in [4.78, 5) is 0. The second-order valence-corrected chi connectivity index (χ2v) is 8.76. The van der Waals surface area contributed by atoms with E-state index in [9.17, 15) is 8.42 Å². The Morgan fingerprint density at radius 2 is 1.76 bits per heavy atom. The average molecular weight is 359 g/mol. The van der Waals surface area contributed by atoms with E-state index in [0.29, 0.717) is 13.2 Å². The molecule has 2 aromatic rings. The van der Waals surface area contributed by atoms with Crippen molar-refractivity contribution in [1.82, 2.24) is 4.31 Å². The lowest BCUT2D eigenvalue weighted by Gasteiger charge is -2.37. The maximum absolute atomic E-state index is 13.0. The Hall–Kier alpha value is -1.69. The van der Waals surface area contributed by atoms with Gasteiger partial charge in [0.25, 0.3) is 0 Å². The molecule has 5 heteroatoms. The Balaban J connectivity index is 1.81. The van der Waals surface area contributed by atoms with Crippen LogP contribution in [0.15, 0.2) is 48.5 Å². The van der Waals surface area contributed by atoms with Crippen molar-refractivity contribution in [3.63, 3.8) is 0 Å². The second kappa shape index (κ2) is 7.28. The Morgan fingerprint density at radius 1 is 1.08 bits per heavy atom. The fraction of sp³-hybridized carbons (Fsp3) is 0.400. The van der Waals surface area contributed by atoms with Gasteiger partial charge in [0.2, 0.25) is 10.0 Å². The fourth-order valence-electron chi connectivity index (χ4n) is 3.16. The predicted molar refractivity (Wildman–Crippen MR) is 99.8 cm³/mol. The number of rotatable bonds is 4. The molecule has 0 aliphatic carbocycles. The van der Waals surface area contributed by atoms with Crippen LogP contribution in [0.3, 0.4) is 0 Å². The van der Waals surface area contributed by atoms with Crippen LogP contribution in [-0.4, -0.2) is 31.9 Å².